The lowest BCUT2D eigenvalue weighted by Gasteiger charge is -2.28. The van der Waals surface area contributed by atoms with Gasteiger partial charge in [0, 0.05) is 24.7 Å². The van der Waals surface area contributed by atoms with E-state index in [0.29, 0.717) is 31.9 Å². The molecule has 2 N–H and O–H groups in total. The lowest BCUT2D eigenvalue weighted by molar-refractivity contribution is -0.129. The van der Waals surface area contributed by atoms with Gasteiger partial charge in [0.2, 0.25) is 0 Å². The first kappa shape index (κ1) is 20.4. The van der Waals surface area contributed by atoms with Crippen molar-refractivity contribution in [2.45, 2.75) is 0 Å². The number of hydroxylamine groups is 1. The van der Waals surface area contributed by atoms with Crippen molar-refractivity contribution in [3.63, 3.8) is 0 Å². The largest absolute Gasteiger partial charge is 0.378 e. The molecule has 2 aromatic rings. The van der Waals surface area contributed by atoms with E-state index in [4.69, 9.17) is 9.94 Å². The minimum atomic E-state index is -0.632. The summed E-state index contributed by atoms with van der Waals surface area (Å²) in [4.78, 5) is 25.8. The zero-order valence-corrected chi connectivity index (χ0v) is 15.7. The number of hydrogen-bond donors (Lipinski definition) is 2. The summed E-state index contributed by atoms with van der Waals surface area (Å²) in [5, 5.41) is 8.51. The molecule has 0 bridgehead atoms. The van der Waals surface area contributed by atoms with Crippen molar-refractivity contribution in [1.29, 1.82) is 0 Å². The molecule has 29 heavy (non-hydrogen) atoms. The molecule has 6 nitrogen and oxygen atoms in total. The molecule has 2 amide bonds. The Bertz CT molecular complexity index is 932. The molecule has 0 aromatic heterocycles. The van der Waals surface area contributed by atoms with Gasteiger partial charge in [-0.25, -0.2) is 9.87 Å². The average Bonchev–Trinajstić information content (AvgIpc) is 2.77. The summed E-state index contributed by atoms with van der Waals surface area (Å²) in [6, 6.07) is 13.2. The van der Waals surface area contributed by atoms with E-state index in [0.717, 1.165) is 5.56 Å². The fourth-order valence-corrected chi connectivity index (χ4v) is 2.95. The molecule has 0 aliphatic carbocycles. The molecule has 0 spiro atoms. The number of hydrogen-bond acceptors (Lipinski definition) is 4. The third kappa shape index (κ3) is 5.37. The second-order valence-corrected chi connectivity index (χ2v) is 6.42. The Morgan fingerprint density at radius 1 is 1.03 bits per heavy atom. The molecule has 3 rings (SSSR count). The molecule has 1 aliphatic heterocycles. The topological polar surface area (TPSA) is 78.9 Å². The van der Waals surface area contributed by atoms with Crippen molar-refractivity contribution in [2.75, 3.05) is 26.3 Å². The van der Waals surface area contributed by atoms with Crippen LogP contribution in [0.25, 0.3) is 17.7 Å². The number of benzene rings is 2. The Balaban J connectivity index is 1.92. The zero-order valence-electron chi connectivity index (χ0n) is 15.7. The van der Waals surface area contributed by atoms with E-state index >= 15 is 0 Å². The highest BCUT2D eigenvalue weighted by Crippen LogP contribution is 2.24. The van der Waals surface area contributed by atoms with Gasteiger partial charge in [0.05, 0.1) is 18.8 Å². The Kier molecular flexibility index (Phi) is 6.89. The fraction of sp³-hybridized carbons (Fsp3) is 0.182. The van der Waals surface area contributed by atoms with E-state index in [-0.39, 0.29) is 17.0 Å². The Morgan fingerprint density at radius 2 is 1.69 bits per heavy atom. The number of nitrogens with zero attached hydrogens (tertiary/aromatic N) is 1. The van der Waals surface area contributed by atoms with Crippen LogP contribution in [0.3, 0.4) is 0 Å². The molecule has 0 saturated carbocycles. The van der Waals surface area contributed by atoms with E-state index < -0.39 is 11.7 Å². The Labute approximate surface area is 167 Å². The van der Waals surface area contributed by atoms with Gasteiger partial charge >= 0.3 is 0 Å². The first-order valence-corrected chi connectivity index (χ1v) is 9.14. The van der Waals surface area contributed by atoms with Crippen molar-refractivity contribution < 1.29 is 23.9 Å². The van der Waals surface area contributed by atoms with Gasteiger partial charge in [0.1, 0.15) is 5.82 Å². The lowest BCUT2D eigenvalue weighted by atomic mass is 10.00. The van der Waals surface area contributed by atoms with E-state index in [1.54, 1.807) is 53.4 Å². The zero-order chi connectivity index (χ0) is 20.6. The van der Waals surface area contributed by atoms with Crippen molar-refractivity contribution in [3.8, 4) is 0 Å². The Morgan fingerprint density at radius 3 is 2.34 bits per heavy atom. The van der Waals surface area contributed by atoms with Crippen molar-refractivity contribution in [3.05, 3.63) is 77.1 Å². The van der Waals surface area contributed by atoms with E-state index in [1.165, 1.54) is 23.7 Å². The van der Waals surface area contributed by atoms with Gasteiger partial charge in [-0.05, 0) is 29.3 Å². The summed E-state index contributed by atoms with van der Waals surface area (Å²) in [6.07, 6.45) is 4.39. The first-order chi connectivity index (χ1) is 14.1. The molecule has 1 fully saturated rings. The van der Waals surface area contributed by atoms with Gasteiger partial charge in [-0.1, -0.05) is 42.5 Å². The van der Waals surface area contributed by atoms with Crippen LogP contribution in [0.5, 0.6) is 0 Å². The summed E-state index contributed by atoms with van der Waals surface area (Å²) < 4.78 is 19.7. The van der Waals surface area contributed by atoms with Gasteiger partial charge in [0.25, 0.3) is 11.8 Å². The van der Waals surface area contributed by atoms with Crippen LogP contribution in [-0.2, 0) is 14.3 Å². The second-order valence-electron chi connectivity index (χ2n) is 6.42. The molecule has 1 heterocycles. The molecule has 7 heteroatoms. The number of nitrogens with one attached hydrogen (secondary N) is 1. The molecule has 0 atom stereocenters. The summed E-state index contributed by atoms with van der Waals surface area (Å²) in [5.74, 6) is -1.34. The van der Waals surface area contributed by atoms with E-state index in [9.17, 15) is 14.0 Å². The van der Waals surface area contributed by atoms with E-state index in [1.807, 2.05) is 0 Å². The number of rotatable bonds is 5. The predicted octanol–water partition coefficient (Wildman–Crippen LogP) is 2.74. The van der Waals surface area contributed by atoms with Crippen molar-refractivity contribution in [1.82, 2.24) is 10.4 Å². The van der Waals surface area contributed by atoms with Crippen LogP contribution in [0.1, 0.15) is 16.7 Å². The van der Waals surface area contributed by atoms with Crippen LogP contribution in [0, 0.1) is 5.82 Å². The molecule has 1 aliphatic rings. The lowest BCUT2D eigenvalue weighted by Crippen LogP contribution is -2.41. The number of carbonyl (C=O) groups is 2. The normalized spacial score (nSPS) is 14.8. The highest BCUT2D eigenvalue weighted by atomic mass is 19.1. The van der Waals surface area contributed by atoms with Gasteiger partial charge in [-0.3, -0.25) is 14.8 Å². The number of ether oxygens (including phenoxy) is 1. The van der Waals surface area contributed by atoms with Crippen molar-refractivity contribution >= 4 is 29.5 Å². The minimum absolute atomic E-state index is 0.243. The average molecular weight is 396 g/mol. The number of carbonyl (C=O) groups excluding carboxylic acids is 2. The van der Waals surface area contributed by atoms with Crippen LogP contribution in [0.2, 0.25) is 0 Å². The maximum absolute atomic E-state index is 14.4. The number of amides is 2. The summed E-state index contributed by atoms with van der Waals surface area (Å²) in [6.45, 7) is 1.83. The van der Waals surface area contributed by atoms with E-state index in [2.05, 4.69) is 0 Å². The summed E-state index contributed by atoms with van der Waals surface area (Å²) >= 11 is 0. The minimum Gasteiger partial charge on any atom is -0.378 e. The third-order valence-corrected chi connectivity index (χ3v) is 4.48. The molecule has 2 aromatic carbocycles. The molecule has 1 saturated heterocycles. The Hall–Kier alpha value is -3.29. The summed E-state index contributed by atoms with van der Waals surface area (Å²) in [5.41, 5.74) is 3.48. The van der Waals surface area contributed by atoms with Crippen LogP contribution >= 0.6 is 0 Å². The standard InChI is InChI=1S/C22H21FN2O4/c23-20-4-2-1-3-18(20)19(22(27)25-11-13-29-14-12-25)15-17-7-5-16(6-8-17)9-10-21(26)24-28/h1-10,15,28H,11-14H2,(H,24,26)/b10-9+,19-15-. The smallest absolute Gasteiger partial charge is 0.267 e. The number of halogens is 1. The molecule has 150 valence electrons. The summed E-state index contributed by atoms with van der Waals surface area (Å²) in [7, 11) is 0. The fourth-order valence-electron chi connectivity index (χ4n) is 2.95. The molecule has 0 unspecified atom stereocenters. The van der Waals surface area contributed by atoms with Gasteiger partial charge < -0.3 is 9.64 Å². The van der Waals surface area contributed by atoms with Crippen LogP contribution in [-0.4, -0.2) is 48.2 Å². The molecular formula is C22H21FN2O4. The van der Waals surface area contributed by atoms with Crippen molar-refractivity contribution in [2.24, 2.45) is 0 Å². The van der Waals surface area contributed by atoms with Gasteiger partial charge in [-0.15, -0.1) is 0 Å². The highest BCUT2D eigenvalue weighted by molar-refractivity contribution is 6.24. The number of morpholine rings is 1. The SMILES string of the molecule is O=C(/C=C/c1ccc(/C=C(\C(=O)N2CCOCC2)c2ccccc2F)cc1)NO. The maximum Gasteiger partial charge on any atom is 0.267 e. The maximum atomic E-state index is 14.4. The molecular weight excluding hydrogens is 375 g/mol. The third-order valence-electron chi connectivity index (χ3n) is 4.48. The molecule has 0 radical (unpaired) electrons. The van der Waals surface area contributed by atoms with Gasteiger partial charge in [-0.2, -0.15) is 0 Å². The van der Waals surface area contributed by atoms with Crippen LogP contribution in [0.4, 0.5) is 4.39 Å². The predicted molar refractivity (Wildman–Crippen MR) is 107 cm³/mol. The highest BCUT2D eigenvalue weighted by Gasteiger charge is 2.23. The van der Waals surface area contributed by atoms with Crippen LogP contribution in [0.15, 0.2) is 54.6 Å². The monoisotopic (exact) mass is 396 g/mol. The quantitative estimate of drug-likeness (QED) is 0.353. The second kappa shape index (κ2) is 9.77. The van der Waals surface area contributed by atoms with Crippen LogP contribution < -0.4 is 5.48 Å². The first-order valence-electron chi connectivity index (χ1n) is 9.14. The van der Waals surface area contributed by atoms with Gasteiger partial charge in [0.15, 0.2) is 0 Å².